The van der Waals surface area contributed by atoms with Crippen LogP contribution in [0.4, 0.5) is 19.0 Å². The van der Waals surface area contributed by atoms with Crippen LogP contribution in [0.15, 0.2) is 28.9 Å². The van der Waals surface area contributed by atoms with Gasteiger partial charge in [0.15, 0.2) is 11.7 Å². The molecular formula is C17H19F3N4O3. The standard InChI is InChI=1S/C17H19F3N4O3/c18-17(19,20)14-7-11(13-4-2-6-27-13)22-15-8-12(23-24(14)15)16(25)21-9-10-3-1-5-26-10/h2,4,6,8,10-11,14,22H,1,3,5,7,9H2,(H,21,25)/t10-,11+,14+/m1/s1. The van der Waals surface area contributed by atoms with E-state index in [2.05, 4.69) is 15.7 Å². The summed E-state index contributed by atoms with van der Waals surface area (Å²) in [5.41, 5.74) is -0.0650. The number of halogens is 3. The molecule has 0 aliphatic carbocycles. The number of rotatable bonds is 4. The van der Waals surface area contributed by atoms with E-state index in [9.17, 15) is 18.0 Å². The number of ether oxygens (including phenoxy) is 1. The van der Waals surface area contributed by atoms with Crippen LogP contribution in [0, 0.1) is 0 Å². The highest BCUT2D eigenvalue weighted by molar-refractivity contribution is 5.93. The molecule has 0 bridgehead atoms. The van der Waals surface area contributed by atoms with E-state index in [0.29, 0.717) is 18.9 Å². The van der Waals surface area contributed by atoms with Gasteiger partial charge >= 0.3 is 6.18 Å². The minimum Gasteiger partial charge on any atom is -0.467 e. The van der Waals surface area contributed by atoms with Crippen LogP contribution in [0.2, 0.25) is 0 Å². The number of alkyl halides is 3. The van der Waals surface area contributed by atoms with Gasteiger partial charge in [0.05, 0.1) is 18.4 Å². The Morgan fingerprint density at radius 2 is 2.30 bits per heavy atom. The van der Waals surface area contributed by atoms with E-state index in [-0.39, 0.29) is 24.0 Å². The number of aromatic nitrogens is 2. The van der Waals surface area contributed by atoms with Crippen molar-refractivity contribution in [3.8, 4) is 0 Å². The first-order chi connectivity index (χ1) is 12.9. The maximum atomic E-state index is 13.6. The van der Waals surface area contributed by atoms with Crippen molar-refractivity contribution in [1.29, 1.82) is 0 Å². The quantitative estimate of drug-likeness (QED) is 0.847. The summed E-state index contributed by atoms with van der Waals surface area (Å²) in [6.07, 6.45) is -1.64. The highest BCUT2D eigenvalue weighted by Gasteiger charge is 2.47. The minimum atomic E-state index is -4.50. The monoisotopic (exact) mass is 384 g/mol. The second-order valence-electron chi connectivity index (χ2n) is 6.71. The summed E-state index contributed by atoms with van der Waals surface area (Å²) in [4.78, 5) is 12.3. The van der Waals surface area contributed by atoms with E-state index < -0.39 is 24.2 Å². The molecule has 1 fully saturated rings. The van der Waals surface area contributed by atoms with Crippen LogP contribution in [-0.4, -0.2) is 41.1 Å². The Morgan fingerprint density at radius 1 is 1.44 bits per heavy atom. The topological polar surface area (TPSA) is 81.3 Å². The maximum absolute atomic E-state index is 13.6. The number of fused-ring (bicyclic) bond motifs is 1. The van der Waals surface area contributed by atoms with Crippen molar-refractivity contribution in [2.45, 2.75) is 43.6 Å². The molecule has 10 heteroatoms. The molecular weight excluding hydrogens is 365 g/mol. The van der Waals surface area contributed by atoms with Gasteiger partial charge < -0.3 is 19.8 Å². The van der Waals surface area contributed by atoms with E-state index in [1.54, 1.807) is 12.1 Å². The van der Waals surface area contributed by atoms with Crippen LogP contribution in [0.5, 0.6) is 0 Å². The number of nitrogens with one attached hydrogen (secondary N) is 2. The maximum Gasteiger partial charge on any atom is 0.410 e. The van der Waals surface area contributed by atoms with Crippen LogP contribution in [0.1, 0.15) is 47.6 Å². The van der Waals surface area contributed by atoms with Gasteiger partial charge in [-0.25, -0.2) is 4.68 Å². The van der Waals surface area contributed by atoms with Crippen molar-refractivity contribution in [2.75, 3.05) is 18.5 Å². The molecule has 2 N–H and O–H groups in total. The van der Waals surface area contributed by atoms with Crippen molar-refractivity contribution >= 4 is 11.7 Å². The Balaban J connectivity index is 1.55. The van der Waals surface area contributed by atoms with Crippen molar-refractivity contribution in [3.05, 3.63) is 35.9 Å². The second-order valence-corrected chi connectivity index (χ2v) is 6.71. The van der Waals surface area contributed by atoms with Crippen LogP contribution >= 0.6 is 0 Å². The molecule has 27 heavy (non-hydrogen) atoms. The minimum absolute atomic E-state index is 0.0597. The first-order valence-electron chi connectivity index (χ1n) is 8.78. The summed E-state index contributed by atoms with van der Waals surface area (Å²) in [5.74, 6) is 0.0120. The van der Waals surface area contributed by atoms with Crippen molar-refractivity contribution in [3.63, 3.8) is 0 Å². The lowest BCUT2D eigenvalue weighted by atomic mass is 10.0. The van der Waals surface area contributed by atoms with Gasteiger partial charge in [-0.1, -0.05) is 0 Å². The number of carbonyl (C=O) groups excluding carboxylic acids is 1. The number of carbonyl (C=O) groups is 1. The summed E-state index contributed by atoms with van der Waals surface area (Å²) in [6, 6.07) is 2.07. The average Bonchev–Trinajstić information content (AvgIpc) is 3.38. The molecule has 2 aromatic rings. The SMILES string of the molecule is O=C(NC[C@H]1CCCO1)c1cc2n(n1)[C@H](C(F)(F)F)C[C@@H](c1ccco1)N2. The van der Waals surface area contributed by atoms with Gasteiger partial charge in [0.2, 0.25) is 0 Å². The lowest BCUT2D eigenvalue weighted by Crippen LogP contribution is -2.36. The van der Waals surface area contributed by atoms with E-state index in [0.717, 1.165) is 17.5 Å². The van der Waals surface area contributed by atoms with E-state index in [1.165, 1.54) is 12.3 Å². The van der Waals surface area contributed by atoms with Gasteiger partial charge in [-0.05, 0) is 25.0 Å². The zero-order valence-electron chi connectivity index (χ0n) is 14.3. The second kappa shape index (κ2) is 6.91. The summed E-state index contributed by atoms with van der Waals surface area (Å²) in [6.45, 7) is 0.969. The fourth-order valence-corrected chi connectivity index (χ4v) is 3.46. The number of anilines is 1. The lowest BCUT2D eigenvalue weighted by molar-refractivity contribution is -0.174. The summed E-state index contributed by atoms with van der Waals surface area (Å²) in [7, 11) is 0. The number of hydrogen-bond acceptors (Lipinski definition) is 5. The van der Waals surface area contributed by atoms with Crippen LogP contribution in [0.25, 0.3) is 0 Å². The van der Waals surface area contributed by atoms with Crippen LogP contribution in [-0.2, 0) is 4.74 Å². The molecule has 3 atom stereocenters. The van der Waals surface area contributed by atoms with Gasteiger partial charge in [0.1, 0.15) is 11.6 Å². The number of nitrogens with zero attached hydrogens (tertiary/aromatic N) is 2. The number of amides is 1. The molecule has 0 saturated carbocycles. The molecule has 0 unspecified atom stereocenters. The third kappa shape index (κ3) is 3.66. The molecule has 2 aromatic heterocycles. The molecule has 4 rings (SSSR count). The van der Waals surface area contributed by atoms with E-state index >= 15 is 0 Å². The first-order valence-corrected chi connectivity index (χ1v) is 8.78. The molecule has 1 amide bonds. The van der Waals surface area contributed by atoms with Gasteiger partial charge in [0, 0.05) is 25.6 Å². The predicted molar refractivity (Wildman–Crippen MR) is 88.3 cm³/mol. The number of hydrogen-bond donors (Lipinski definition) is 2. The van der Waals surface area contributed by atoms with Crippen LogP contribution < -0.4 is 10.6 Å². The number of furan rings is 1. The zero-order chi connectivity index (χ0) is 19.0. The smallest absolute Gasteiger partial charge is 0.410 e. The average molecular weight is 384 g/mol. The molecule has 0 aromatic carbocycles. The zero-order valence-corrected chi connectivity index (χ0v) is 14.3. The van der Waals surface area contributed by atoms with Gasteiger partial charge in [-0.15, -0.1) is 0 Å². The van der Waals surface area contributed by atoms with Gasteiger partial charge in [0.25, 0.3) is 5.91 Å². The Labute approximate surface area is 152 Å². The molecule has 2 aliphatic heterocycles. The summed E-state index contributed by atoms with van der Waals surface area (Å²) >= 11 is 0. The molecule has 0 radical (unpaired) electrons. The normalized spacial score (nSPS) is 25.1. The first kappa shape index (κ1) is 17.9. The van der Waals surface area contributed by atoms with E-state index in [1.807, 2.05) is 0 Å². The fourth-order valence-electron chi connectivity index (χ4n) is 3.46. The molecule has 2 aliphatic rings. The van der Waals surface area contributed by atoms with Crippen molar-refractivity contribution in [2.24, 2.45) is 0 Å². The highest BCUT2D eigenvalue weighted by atomic mass is 19.4. The Morgan fingerprint density at radius 3 is 2.96 bits per heavy atom. The summed E-state index contributed by atoms with van der Waals surface area (Å²) < 4.78 is 52.2. The molecule has 146 valence electrons. The summed E-state index contributed by atoms with van der Waals surface area (Å²) in [5, 5.41) is 9.56. The Bertz CT molecular complexity index is 797. The molecule has 1 saturated heterocycles. The van der Waals surface area contributed by atoms with Gasteiger partial charge in [-0.3, -0.25) is 4.79 Å². The third-order valence-electron chi connectivity index (χ3n) is 4.82. The fraction of sp³-hybridized carbons (Fsp3) is 0.529. The van der Waals surface area contributed by atoms with Crippen molar-refractivity contribution in [1.82, 2.24) is 15.1 Å². The largest absolute Gasteiger partial charge is 0.467 e. The molecule has 4 heterocycles. The Kier molecular flexibility index (Phi) is 4.58. The third-order valence-corrected chi connectivity index (χ3v) is 4.82. The lowest BCUT2D eigenvalue weighted by Gasteiger charge is -2.32. The van der Waals surface area contributed by atoms with Gasteiger partial charge in [-0.2, -0.15) is 18.3 Å². The van der Waals surface area contributed by atoms with Crippen molar-refractivity contribution < 1.29 is 27.1 Å². The molecule has 7 nitrogen and oxygen atoms in total. The Hall–Kier alpha value is -2.49. The predicted octanol–water partition coefficient (Wildman–Crippen LogP) is 3.05. The van der Waals surface area contributed by atoms with E-state index in [4.69, 9.17) is 9.15 Å². The molecule has 0 spiro atoms. The van der Waals surface area contributed by atoms with Crippen LogP contribution in [0.3, 0.4) is 0 Å². The highest BCUT2D eigenvalue weighted by Crippen LogP contribution is 2.43.